The zero-order valence-corrected chi connectivity index (χ0v) is 25.6. The standard InChI is InChI=1S/C35H41N3O4S/c1-34-18-12-20-36(24-26-14-6-4-7-15-26)31(40)28(34)29-32(41)38(22-10-2-3-11-23-39)30-33(42)37(21-13-19-35(29,30)43-34)25-27-16-8-5-9-17-27/h4-9,12-19,28-30,39H,2-3,10-11,20-25H2,1H3/t28-,29-,30?,34+,35-/m0/s1. The van der Waals surface area contributed by atoms with Crippen LogP contribution in [0.4, 0.5) is 0 Å². The van der Waals surface area contributed by atoms with Crippen molar-refractivity contribution >= 4 is 29.5 Å². The first-order valence-corrected chi connectivity index (χ1v) is 16.3. The van der Waals surface area contributed by atoms with Gasteiger partial charge in [-0.25, -0.2) is 0 Å². The summed E-state index contributed by atoms with van der Waals surface area (Å²) in [6.45, 7) is 4.59. The van der Waals surface area contributed by atoms with E-state index in [-0.39, 0.29) is 24.3 Å². The van der Waals surface area contributed by atoms with Crippen LogP contribution in [0.2, 0.25) is 0 Å². The molecule has 2 aromatic carbocycles. The molecule has 0 aliphatic carbocycles. The second-order valence-electron chi connectivity index (χ2n) is 12.4. The maximum Gasteiger partial charge on any atom is 0.247 e. The van der Waals surface area contributed by atoms with E-state index in [0.29, 0.717) is 32.7 Å². The fourth-order valence-corrected chi connectivity index (χ4v) is 9.66. The Morgan fingerprint density at radius 2 is 1.33 bits per heavy atom. The molecule has 7 nitrogen and oxygen atoms in total. The van der Waals surface area contributed by atoms with Crippen LogP contribution in [0.1, 0.15) is 43.7 Å². The summed E-state index contributed by atoms with van der Waals surface area (Å²) in [6, 6.07) is 19.2. The summed E-state index contributed by atoms with van der Waals surface area (Å²) in [7, 11) is 0. The molecule has 1 N–H and O–H groups in total. The van der Waals surface area contributed by atoms with E-state index >= 15 is 0 Å². The monoisotopic (exact) mass is 599 g/mol. The molecule has 5 atom stereocenters. The van der Waals surface area contributed by atoms with E-state index in [9.17, 15) is 19.5 Å². The molecule has 4 aliphatic heterocycles. The van der Waals surface area contributed by atoms with Gasteiger partial charge in [0, 0.05) is 44.1 Å². The average molecular weight is 600 g/mol. The minimum absolute atomic E-state index is 0.0196. The van der Waals surface area contributed by atoms with Crippen molar-refractivity contribution in [2.45, 2.75) is 61.2 Å². The fourth-order valence-electron chi connectivity index (χ4n) is 7.50. The molecule has 4 heterocycles. The van der Waals surface area contributed by atoms with Gasteiger partial charge in [-0.3, -0.25) is 14.4 Å². The van der Waals surface area contributed by atoms with E-state index in [2.05, 4.69) is 25.2 Å². The van der Waals surface area contributed by atoms with Crippen LogP contribution in [-0.2, 0) is 27.5 Å². The molecule has 2 aromatic rings. The van der Waals surface area contributed by atoms with Crippen molar-refractivity contribution in [1.82, 2.24) is 14.7 Å². The van der Waals surface area contributed by atoms with Gasteiger partial charge in [0.15, 0.2) is 0 Å². The lowest BCUT2D eigenvalue weighted by Crippen LogP contribution is -2.53. The Morgan fingerprint density at radius 3 is 1.95 bits per heavy atom. The number of unbranched alkanes of at least 4 members (excludes halogenated alkanes) is 3. The second kappa shape index (κ2) is 12.3. The Hall–Kier alpha value is -3.36. The normalized spacial score (nSPS) is 29.9. The number of hydrogen-bond acceptors (Lipinski definition) is 5. The lowest BCUT2D eigenvalue weighted by molar-refractivity contribution is -0.145. The number of likely N-dealkylation sites (tertiary alicyclic amines) is 1. The highest BCUT2D eigenvalue weighted by molar-refractivity contribution is 8.02. The van der Waals surface area contributed by atoms with Crippen molar-refractivity contribution in [2.75, 3.05) is 26.2 Å². The molecule has 0 aromatic heterocycles. The number of amides is 3. The molecule has 8 heteroatoms. The van der Waals surface area contributed by atoms with Crippen LogP contribution in [-0.4, -0.2) is 79.3 Å². The van der Waals surface area contributed by atoms with Gasteiger partial charge in [0.1, 0.15) is 6.04 Å². The molecule has 3 amide bonds. The molecule has 2 saturated heterocycles. The van der Waals surface area contributed by atoms with Crippen LogP contribution in [0.15, 0.2) is 85.0 Å². The minimum atomic E-state index is -0.833. The van der Waals surface area contributed by atoms with Crippen LogP contribution in [0.3, 0.4) is 0 Å². The van der Waals surface area contributed by atoms with Crippen LogP contribution in [0.5, 0.6) is 0 Å². The predicted molar refractivity (Wildman–Crippen MR) is 169 cm³/mol. The van der Waals surface area contributed by atoms with Gasteiger partial charge in [0.05, 0.1) is 16.6 Å². The topological polar surface area (TPSA) is 81.2 Å². The summed E-state index contributed by atoms with van der Waals surface area (Å²) in [5.74, 6) is -1.36. The van der Waals surface area contributed by atoms with Crippen molar-refractivity contribution in [2.24, 2.45) is 11.8 Å². The molecular formula is C35H41N3O4S. The molecule has 0 saturated carbocycles. The Balaban J connectivity index is 1.36. The Labute approximate surface area is 258 Å². The summed E-state index contributed by atoms with van der Waals surface area (Å²) in [5, 5.41) is 9.23. The molecule has 0 radical (unpaired) electrons. The maximum atomic E-state index is 14.6. The first-order chi connectivity index (χ1) is 20.9. The number of aliphatic hydroxyl groups excluding tert-OH is 1. The summed E-state index contributed by atoms with van der Waals surface area (Å²) < 4.78 is -1.45. The summed E-state index contributed by atoms with van der Waals surface area (Å²) in [5.41, 5.74) is 2.09. The zero-order chi connectivity index (χ0) is 30.0. The highest BCUT2D eigenvalue weighted by atomic mass is 32.2. The number of benzene rings is 2. The van der Waals surface area contributed by atoms with Crippen LogP contribution < -0.4 is 0 Å². The highest BCUT2D eigenvalue weighted by Gasteiger charge is 2.73. The smallest absolute Gasteiger partial charge is 0.247 e. The quantitative estimate of drug-likeness (QED) is 0.323. The Bertz CT molecular complexity index is 1400. The van der Waals surface area contributed by atoms with Crippen molar-refractivity contribution < 1.29 is 19.5 Å². The first-order valence-electron chi connectivity index (χ1n) is 15.5. The Morgan fingerprint density at radius 1 is 0.744 bits per heavy atom. The summed E-state index contributed by atoms with van der Waals surface area (Å²) in [6.07, 6.45) is 11.5. The highest BCUT2D eigenvalue weighted by Crippen LogP contribution is 2.65. The van der Waals surface area contributed by atoms with Crippen LogP contribution in [0.25, 0.3) is 0 Å². The zero-order valence-electron chi connectivity index (χ0n) is 24.8. The molecule has 1 unspecified atom stereocenters. The largest absolute Gasteiger partial charge is 0.396 e. The minimum Gasteiger partial charge on any atom is -0.396 e. The molecule has 1 spiro atoms. The van der Waals surface area contributed by atoms with Gasteiger partial charge in [-0.1, -0.05) is 97.8 Å². The van der Waals surface area contributed by atoms with Crippen molar-refractivity contribution in [3.05, 3.63) is 96.1 Å². The van der Waals surface area contributed by atoms with Gasteiger partial charge in [0.2, 0.25) is 17.7 Å². The molecular weight excluding hydrogens is 558 g/mol. The van der Waals surface area contributed by atoms with Gasteiger partial charge in [-0.2, -0.15) is 0 Å². The number of carbonyl (C=O) groups is 3. The van der Waals surface area contributed by atoms with E-state index in [1.165, 1.54) is 0 Å². The number of carbonyl (C=O) groups excluding carboxylic acids is 3. The molecule has 6 rings (SSSR count). The molecule has 43 heavy (non-hydrogen) atoms. The van der Waals surface area contributed by atoms with E-state index in [4.69, 9.17) is 0 Å². The number of thioether (sulfide) groups is 1. The molecule has 226 valence electrons. The van der Waals surface area contributed by atoms with Crippen molar-refractivity contribution in [1.29, 1.82) is 0 Å². The van der Waals surface area contributed by atoms with Gasteiger partial charge in [-0.15, -0.1) is 11.8 Å². The molecule has 2 fully saturated rings. The number of nitrogens with zero attached hydrogens (tertiary/aromatic N) is 3. The fraction of sp³-hybridized carbons (Fsp3) is 0.457. The van der Waals surface area contributed by atoms with Gasteiger partial charge in [-0.05, 0) is 30.9 Å². The third-order valence-corrected chi connectivity index (χ3v) is 11.3. The van der Waals surface area contributed by atoms with Crippen LogP contribution >= 0.6 is 11.8 Å². The lowest BCUT2D eigenvalue weighted by atomic mass is 9.74. The first kappa shape index (κ1) is 29.7. The van der Waals surface area contributed by atoms with Crippen molar-refractivity contribution in [3.63, 3.8) is 0 Å². The predicted octanol–water partition coefficient (Wildman–Crippen LogP) is 4.42. The second-order valence-corrected chi connectivity index (χ2v) is 14.2. The lowest BCUT2D eigenvalue weighted by Gasteiger charge is -2.37. The number of hydrogen-bond donors (Lipinski definition) is 1. The SMILES string of the molecule is C[C@@]12C=CCN(Cc3ccccc3)C(=O)[C@@H]1[C@H]1C(=O)N(CCCCCCO)C3C(=O)N(Cc4ccccc4)CC=C[C@@]31S2. The third-order valence-electron chi connectivity index (χ3n) is 9.46. The number of fused-ring (bicyclic) bond motifs is 2. The number of aliphatic hydroxyl groups is 1. The van der Waals surface area contributed by atoms with E-state index in [0.717, 1.165) is 36.8 Å². The Kier molecular flexibility index (Phi) is 8.51. The van der Waals surface area contributed by atoms with E-state index in [1.54, 1.807) is 16.7 Å². The van der Waals surface area contributed by atoms with Gasteiger partial charge >= 0.3 is 0 Å². The maximum absolute atomic E-state index is 14.6. The summed E-state index contributed by atoms with van der Waals surface area (Å²) >= 11 is 1.64. The van der Waals surface area contributed by atoms with E-state index in [1.807, 2.05) is 76.5 Å². The van der Waals surface area contributed by atoms with Crippen LogP contribution in [0, 0.1) is 11.8 Å². The number of rotatable bonds is 10. The summed E-state index contributed by atoms with van der Waals surface area (Å²) in [4.78, 5) is 49.1. The van der Waals surface area contributed by atoms with Gasteiger partial charge in [0.25, 0.3) is 0 Å². The van der Waals surface area contributed by atoms with E-state index < -0.39 is 27.4 Å². The van der Waals surface area contributed by atoms with Gasteiger partial charge < -0.3 is 19.8 Å². The van der Waals surface area contributed by atoms with Crippen molar-refractivity contribution in [3.8, 4) is 0 Å². The average Bonchev–Trinajstić information content (AvgIpc) is 3.28. The third kappa shape index (κ3) is 5.44. The molecule has 0 bridgehead atoms. The molecule has 4 aliphatic rings.